The second kappa shape index (κ2) is 7.93. The van der Waals surface area contributed by atoms with E-state index in [1.54, 1.807) is 21.8 Å². The minimum atomic E-state index is -3.40. The number of amides is 1. The van der Waals surface area contributed by atoms with Gasteiger partial charge in [0.2, 0.25) is 0 Å². The summed E-state index contributed by atoms with van der Waals surface area (Å²) in [7, 11) is -3.40. The van der Waals surface area contributed by atoms with Crippen LogP contribution < -0.4 is 4.90 Å². The Morgan fingerprint density at radius 1 is 1.27 bits per heavy atom. The van der Waals surface area contributed by atoms with Crippen molar-refractivity contribution < 1.29 is 22.8 Å². The van der Waals surface area contributed by atoms with Gasteiger partial charge in [-0.05, 0) is 32.2 Å². The van der Waals surface area contributed by atoms with Crippen molar-refractivity contribution in [2.75, 3.05) is 39.3 Å². The highest BCUT2D eigenvalue weighted by Crippen LogP contribution is 2.20. The van der Waals surface area contributed by atoms with Crippen molar-refractivity contribution in [3.05, 3.63) is 17.5 Å². The van der Waals surface area contributed by atoms with Gasteiger partial charge in [0, 0.05) is 13.1 Å². The molecule has 2 aliphatic heterocycles. The smallest absolute Gasteiger partial charge is 0.280 e. The third kappa shape index (κ3) is 4.12. The quantitative estimate of drug-likeness (QED) is 0.748. The molecule has 1 N–H and O–H groups in total. The zero-order valence-corrected chi connectivity index (χ0v) is 17.2. The van der Waals surface area contributed by atoms with E-state index in [0.29, 0.717) is 43.5 Å². The van der Waals surface area contributed by atoms with Gasteiger partial charge < -0.3 is 14.5 Å². The zero-order chi connectivity index (χ0) is 18.9. The van der Waals surface area contributed by atoms with Crippen LogP contribution in [-0.2, 0) is 19.6 Å². The lowest BCUT2D eigenvalue weighted by Gasteiger charge is -2.39. The number of nitrogens with one attached hydrogen (secondary N) is 1. The van der Waals surface area contributed by atoms with Gasteiger partial charge in [0.05, 0.1) is 38.4 Å². The van der Waals surface area contributed by atoms with Gasteiger partial charge in [-0.15, -0.1) is 11.3 Å². The second-order valence-corrected chi connectivity index (χ2v) is 10.3. The Kier molecular flexibility index (Phi) is 6.03. The van der Waals surface area contributed by atoms with E-state index >= 15 is 0 Å². The fourth-order valence-electron chi connectivity index (χ4n) is 3.79. The first kappa shape index (κ1) is 19.8. The molecule has 3 heterocycles. The maximum absolute atomic E-state index is 12.9. The Labute approximate surface area is 159 Å². The first-order valence-corrected chi connectivity index (χ1v) is 11.4. The molecule has 3 atom stereocenters. The molecule has 26 heavy (non-hydrogen) atoms. The van der Waals surface area contributed by atoms with Crippen molar-refractivity contribution >= 4 is 27.3 Å². The normalized spacial score (nSPS) is 27.4. The molecule has 0 radical (unpaired) electrons. The highest BCUT2D eigenvalue weighted by Gasteiger charge is 2.37. The SMILES string of the molecule is C[C@@H]1CN(C(=O)[C@@H](C)[NH+]2CCN(S(=O)(=O)c3cccs3)CC2)C[C@@H](C)O1. The van der Waals surface area contributed by atoms with Gasteiger partial charge in [0.1, 0.15) is 4.21 Å². The van der Waals surface area contributed by atoms with Gasteiger partial charge in [-0.25, -0.2) is 8.42 Å². The number of hydrogen-bond donors (Lipinski definition) is 1. The van der Waals surface area contributed by atoms with E-state index in [1.165, 1.54) is 11.3 Å². The molecule has 0 unspecified atom stereocenters. The van der Waals surface area contributed by atoms with E-state index < -0.39 is 10.0 Å². The van der Waals surface area contributed by atoms with Crippen LogP contribution in [0, 0.1) is 0 Å². The Morgan fingerprint density at radius 2 is 1.88 bits per heavy atom. The Bertz CT molecular complexity index is 704. The van der Waals surface area contributed by atoms with Gasteiger partial charge in [-0.3, -0.25) is 4.79 Å². The number of carbonyl (C=O) groups is 1. The molecule has 0 bridgehead atoms. The first-order chi connectivity index (χ1) is 12.3. The van der Waals surface area contributed by atoms with Crippen LogP contribution in [0.15, 0.2) is 21.7 Å². The highest BCUT2D eigenvalue weighted by molar-refractivity contribution is 7.91. The molecule has 1 aromatic rings. The summed E-state index contributed by atoms with van der Waals surface area (Å²) in [4.78, 5) is 15.9. The molecule has 9 heteroatoms. The lowest BCUT2D eigenvalue weighted by molar-refractivity contribution is -0.918. The third-order valence-corrected chi connectivity index (χ3v) is 8.44. The topological polar surface area (TPSA) is 71.4 Å². The molecule has 1 amide bonds. The first-order valence-electron chi connectivity index (χ1n) is 9.11. The Hall–Kier alpha value is -1.00. The molecule has 2 fully saturated rings. The predicted molar refractivity (Wildman–Crippen MR) is 99.8 cm³/mol. The van der Waals surface area contributed by atoms with Crippen molar-refractivity contribution in [1.82, 2.24) is 9.21 Å². The lowest BCUT2D eigenvalue weighted by Crippen LogP contribution is -3.19. The third-order valence-electron chi connectivity index (χ3n) is 5.17. The Balaban J connectivity index is 1.58. The second-order valence-electron chi connectivity index (χ2n) is 7.22. The number of rotatable bonds is 4. The van der Waals surface area contributed by atoms with Crippen LogP contribution in [0.1, 0.15) is 20.8 Å². The molecular weight excluding hydrogens is 374 g/mol. The molecule has 7 nitrogen and oxygen atoms in total. The number of hydrogen-bond acceptors (Lipinski definition) is 5. The standard InChI is InChI=1S/C17H27N3O4S2/c1-13-11-19(12-14(2)24-13)17(21)15(3)18-6-8-20(9-7-18)26(22,23)16-5-4-10-25-16/h4-5,10,13-15H,6-9,11-12H2,1-3H3/p+1/t13-,14-,15-/m1/s1. The van der Waals surface area contributed by atoms with Crippen molar-refractivity contribution in [2.24, 2.45) is 0 Å². The van der Waals surface area contributed by atoms with E-state index in [-0.39, 0.29) is 24.2 Å². The van der Waals surface area contributed by atoms with Gasteiger partial charge in [-0.2, -0.15) is 4.31 Å². The summed E-state index contributed by atoms with van der Waals surface area (Å²) < 4.78 is 32.9. The zero-order valence-electron chi connectivity index (χ0n) is 15.6. The van der Waals surface area contributed by atoms with Gasteiger partial charge in [0.15, 0.2) is 6.04 Å². The predicted octanol–water partition coefficient (Wildman–Crippen LogP) is -0.338. The van der Waals surface area contributed by atoms with E-state index in [1.807, 2.05) is 25.7 Å². The summed E-state index contributed by atoms with van der Waals surface area (Å²) in [5.41, 5.74) is 0. The summed E-state index contributed by atoms with van der Waals surface area (Å²) in [5, 5.41) is 1.78. The maximum atomic E-state index is 12.9. The van der Waals surface area contributed by atoms with Crippen molar-refractivity contribution in [2.45, 2.75) is 43.2 Å². The molecule has 0 aliphatic carbocycles. The van der Waals surface area contributed by atoms with Crippen molar-refractivity contribution in [1.29, 1.82) is 0 Å². The number of quaternary nitrogens is 1. The summed E-state index contributed by atoms with van der Waals surface area (Å²) in [6, 6.07) is 3.23. The van der Waals surface area contributed by atoms with Crippen LogP contribution in [-0.4, -0.2) is 81.0 Å². The Morgan fingerprint density at radius 3 is 2.42 bits per heavy atom. The van der Waals surface area contributed by atoms with E-state index in [2.05, 4.69) is 0 Å². The van der Waals surface area contributed by atoms with Crippen molar-refractivity contribution in [3.63, 3.8) is 0 Å². The molecule has 3 rings (SSSR count). The lowest BCUT2D eigenvalue weighted by atomic mass is 10.1. The van der Waals surface area contributed by atoms with Crippen LogP contribution >= 0.6 is 11.3 Å². The summed E-state index contributed by atoms with van der Waals surface area (Å²) in [6.45, 7) is 9.36. The van der Waals surface area contributed by atoms with Crippen molar-refractivity contribution in [3.8, 4) is 0 Å². The maximum Gasteiger partial charge on any atom is 0.280 e. The van der Waals surface area contributed by atoms with Crippen LogP contribution in [0.2, 0.25) is 0 Å². The van der Waals surface area contributed by atoms with Gasteiger partial charge in [0.25, 0.3) is 15.9 Å². The number of sulfonamides is 1. The van der Waals surface area contributed by atoms with E-state index in [9.17, 15) is 13.2 Å². The number of piperazine rings is 1. The molecule has 1 aromatic heterocycles. The minimum Gasteiger partial charge on any atom is -0.372 e. The number of carbonyl (C=O) groups excluding carboxylic acids is 1. The van der Waals surface area contributed by atoms with Crippen LogP contribution in [0.5, 0.6) is 0 Å². The number of ether oxygens (including phenoxy) is 1. The molecule has 146 valence electrons. The molecule has 0 saturated carbocycles. The minimum absolute atomic E-state index is 0.0534. The number of morpholine rings is 1. The molecule has 2 saturated heterocycles. The monoisotopic (exact) mass is 402 g/mol. The average molecular weight is 403 g/mol. The molecule has 2 aliphatic rings. The average Bonchev–Trinajstić information content (AvgIpc) is 3.15. The fraction of sp³-hybridized carbons (Fsp3) is 0.706. The highest BCUT2D eigenvalue weighted by atomic mass is 32.2. The molecule has 0 aromatic carbocycles. The largest absolute Gasteiger partial charge is 0.372 e. The molecule has 0 spiro atoms. The van der Waals surface area contributed by atoms with E-state index in [4.69, 9.17) is 4.74 Å². The van der Waals surface area contributed by atoms with Crippen LogP contribution in [0.3, 0.4) is 0 Å². The van der Waals surface area contributed by atoms with Gasteiger partial charge >= 0.3 is 0 Å². The summed E-state index contributed by atoms with van der Waals surface area (Å²) >= 11 is 1.25. The van der Waals surface area contributed by atoms with Gasteiger partial charge in [-0.1, -0.05) is 6.07 Å². The number of thiophene rings is 1. The van der Waals surface area contributed by atoms with E-state index in [0.717, 1.165) is 4.90 Å². The van der Waals surface area contributed by atoms with Crippen LogP contribution in [0.25, 0.3) is 0 Å². The summed E-state index contributed by atoms with van der Waals surface area (Å²) in [5.74, 6) is 0.136. The summed E-state index contributed by atoms with van der Waals surface area (Å²) in [6.07, 6.45) is 0.107. The van der Waals surface area contributed by atoms with Crippen LogP contribution in [0.4, 0.5) is 0 Å². The number of nitrogens with zero attached hydrogens (tertiary/aromatic N) is 2. The molecular formula is C17H28N3O4S2+. The fourth-order valence-corrected chi connectivity index (χ4v) is 6.38.